The second kappa shape index (κ2) is 11.0. The van der Waals surface area contributed by atoms with Crippen LogP contribution in [0.15, 0.2) is 29.3 Å². The van der Waals surface area contributed by atoms with Crippen molar-refractivity contribution >= 4 is 5.96 Å². The van der Waals surface area contributed by atoms with Gasteiger partial charge in [-0.05, 0) is 49.9 Å². The lowest BCUT2D eigenvalue weighted by atomic mass is 10.1. The van der Waals surface area contributed by atoms with E-state index in [1.165, 1.54) is 44.5 Å². The zero-order valence-electron chi connectivity index (χ0n) is 16.1. The lowest BCUT2D eigenvalue weighted by molar-refractivity contribution is 0.206. The Balaban J connectivity index is 1.77. The monoisotopic (exact) mass is 346 g/mol. The largest absolute Gasteiger partial charge is 0.494 e. The zero-order valence-corrected chi connectivity index (χ0v) is 16.1. The van der Waals surface area contributed by atoms with Gasteiger partial charge in [-0.25, -0.2) is 0 Å². The van der Waals surface area contributed by atoms with Crippen LogP contribution in [-0.4, -0.2) is 50.2 Å². The third kappa shape index (κ3) is 6.94. The number of hydrogen-bond donors (Lipinski definition) is 2. The first-order chi connectivity index (χ1) is 12.2. The lowest BCUT2D eigenvalue weighted by Gasteiger charge is -2.32. The molecule has 1 aromatic carbocycles. The van der Waals surface area contributed by atoms with Crippen molar-refractivity contribution in [2.75, 3.05) is 33.3 Å². The Labute approximate surface area is 152 Å². The van der Waals surface area contributed by atoms with Crippen LogP contribution in [0.3, 0.4) is 0 Å². The minimum Gasteiger partial charge on any atom is -0.494 e. The highest BCUT2D eigenvalue weighted by atomic mass is 16.5. The average Bonchev–Trinajstić information content (AvgIpc) is 2.65. The number of aliphatic imine (C=N–C) groups is 1. The molecule has 2 N–H and O–H groups in total. The van der Waals surface area contributed by atoms with Crippen molar-refractivity contribution in [3.8, 4) is 5.75 Å². The molecule has 0 aliphatic carbocycles. The second-order valence-electron chi connectivity index (χ2n) is 6.68. The SMILES string of the molecule is CCCOc1cccc(CNC(=NC)NC2CCN(CCC)CC2)c1. The van der Waals surface area contributed by atoms with Crippen LogP contribution in [0.1, 0.15) is 45.1 Å². The summed E-state index contributed by atoms with van der Waals surface area (Å²) < 4.78 is 5.70. The van der Waals surface area contributed by atoms with Gasteiger partial charge in [0.1, 0.15) is 5.75 Å². The molecular weight excluding hydrogens is 312 g/mol. The van der Waals surface area contributed by atoms with Gasteiger partial charge in [0.25, 0.3) is 0 Å². The van der Waals surface area contributed by atoms with Crippen molar-refractivity contribution in [1.82, 2.24) is 15.5 Å². The Morgan fingerprint density at radius 3 is 2.72 bits per heavy atom. The molecule has 0 radical (unpaired) electrons. The Morgan fingerprint density at radius 1 is 1.24 bits per heavy atom. The Hall–Kier alpha value is -1.75. The summed E-state index contributed by atoms with van der Waals surface area (Å²) in [7, 11) is 1.84. The number of rotatable bonds is 8. The van der Waals surface area contributed by atoms with Gasteiger partial charge in [0.05, 0.1) is 6.61 Å². The normalized spacial score (nSPS) is 16.7. The molecule has 140 valence electrons. The van der Waals surface area contributed by atoms with Crippen LogP contribution in [0.2, 0.25) is 0 Å². The third-order valence-electron chi connectivity index (χ3n) is 4.52. The molecular formula is C20H34N4O. The fourth-order valence-corrected chi connectivity index (χ4v) is 3.16. The predicted octanol–water partition coefficient (Wildman–Crippen LogP) is 3.01. The fourth-order valence-electron chi connectivity index (χ4n) is 3.16. The third-order valence-corrected chi connectivity index (χ3v) is 4.52. The van der Waals surface area contributed by atoms with E-state index < -0.39 is 0 Å². The van der Waals surface area contributed by atoms with E-state index in [4.69, 9.17) is 4.74 Å². The van der Waals surface area contributed by atoms with Crippen molar-refractivity contribution in [3.63, 3.8) is 0 Å². The molecule has 5 heteroatoms. The molecule has 0 bridgehead atoms. The highest BCUT2D eigenvalue weighted by Crippen LogP contribution is 2.14. The summed E-state index contributed by atoms with van der Waals surface area (Å²) >= 11 is 0. The van der Waals surface area contributed by atoms with E-state index >= 15 is 0 Å². The molecule has 2 rings (SSSR count). The fraction of sp³-hybridized carbons (Fsp3) is 0.650. The van der Waals surface area contributed by atoms with E-state index in [-0.39, 0.29) is 0 Å². The predicted molar refractivity (Wildman–Crippen MR) is 105 cm³/mol. The first kappa shape index (κ1) is 19.6. The minimum atomic E-state index is 0.513. The van der Waals surface area contributed by atoms with E-state index in [9.17, 15) is 0 Å². The molecule has 1 saturated heterocycles. The van der Waals surface area contributed by atoms with Crippen molar-refractivity contribution in [2.45, 2.75) is 52.1 Å². The lowest BCUT2D eigenvalue weighted by Crippen LogP contribution is -2.48. The van der Waals surface area contributed by atoms with Gasteiger partial charge in [0.2, 0.25) is 0 Å². The van der Waals surface area contributed by atoms with Crippen molar-refractivity contribution in [2.24, 2.45) is 4.99 Å². The first-order valence-electron chi connectivity index (χ1n) is 9.66. The maximum absolute atomic E-state index is 5.70. The molecule has 1 heterocycles. The van der Waals surface area contributed by atoms with E-state index in [1.807, 2.05) is 19.2 Å². The van der Waals surface area contributed by atoms with Crippen LogP contribution in [0, 0.1) is 0 Å². The van der Waals surface area contributed by atoms with Crippen molar-refractivity contribution < 1.29 is 4.74 Å². The second-order valence-corrected chi connectivity index (χ2v) is 6.68. The molecule has 0 atom stereocenters. The summed E-state index contributed by atoms with van der Waals surface area (Å²) in [5.74, 6) is 1.82. The summed E-state index contributed by atoms with van der Waals surface area (Å²) in [6.45, 7) is 9.45. The Morgan fingerprint density at radius 2 is 2.04 bits per heavy atom. The highest BCUT2D eigenvalue weighted by molar-refractivity contribution is 5.79. The molecule has 0 aromatic heterocycles. The smallest absolute Gasteiger partial charge is 0.191 e. The van der Waals surface area contributed by atoms with Crippen LogP contribution in [0.4, 0.5) is 0 Å². The van der Waals surface area contributed by atoms with Crippen LogP contribution in [-0.2, 0) is 6.54 Å². The number of hydrogen-bond acceptors (Lipinski definition) is 3. The maximum Gasteiger partial charge on any atom is 0.191 e. The summed E-state index contributed by atoms with van der Waals surface area (Å²) in [6, 6.07) is 8.78. The summed E-state index contributed by atoms with van der Waals surface area (Å²) in [4.78, 5) is 6.93. The van der Waals surface area contributed by atoms with E-state index in [0.29, 0.717) is 6.04 Å². The molecule has 1 aliphatic heterocycles. The molecule has 5 nitrogen and oxygen atoms in total. The number of nitrogens with zero attached hydrogens (tertiary/aromatic N) is 2. The van der Waals surface area contributed by atoms with Crippen molar-refractivity contribution in [1.29, 1.82) is 0 Å². The van der Waals surface area contributed by atoms with Gasteiger partial charge in [0, 0.05) is 32.7 Å². The quantitative estimate of drug-likeness (QED) is 0.561. The molecule has 1 fully saturated rings. The summed E-state index contributed by atoms with van der Waals surface area (Å²) in [6.07, 6.45) is 4.63. The van der Waals surface area contributed by atoms with E-state index in [2.05, 4.69) is 46.5 Å². The van der Waals surface area contributed by atoms with E-state index in [0.717, 1.165) is 31.3 Å². The minimum absolute atomic E-state index is 0.513. The number of benzene rings is 1. The van der Waals surface area contributed by atoms with Gasteiger partial charge in [-0.1, -0.05) is 26.0 Å². The average molecular weight is 347 g/mol. The Kier molecular flexibility index (Phi) is 8.60. The number of likely N-dealkylation sites (tertiary alicyclic amines) is 1. The zero-order chi connectivity index (χ0) is 17.9. The topological polar surface area (TPSA) is 48.9 Å². The summed E-state index contributed by atoms with van der Waals surface area (Å²) in [5.41, 5.74) is 1.20. The Bertz CT molecular complexity index is 524. The number of piperidine rings is 1. The van der Waals surface area contributed by atoms with Crippen molar-refractivity contribution in [3.05, 3.63) is 29.8 Å². The van der Waals surface area contributed by atoms with Gasteiger partial charge >= 0.3 is 0 Å². The van der Waals surface area contributed by atoms with Crippen LogP contribution in [0.5, 0.6) is 5.75 Å². The van der Waals surface area contributed by atoms with Crippen LogP contribution < -0.4 is 15.4 Å². The van der Waals surface area contributed by atoms with E-state index in [1.54, 1.807) is 0 Å². The number of guanidine groups is 1. The van der Waals surface area contributed by atoms with Gasteiger partial charge in [-0.2, -0.15) is 0 Å². The van der Waals surface area contributed by atoms with Gasteiger partial charge in [-0.15, -0.1) is 0 Å². The highest BCUT2D eigenvalue weighted by Gasteiger charge is 2.19. The molecule has 0 spiro atoms. The molecule has 1 aliphatic rings. The van der Waals surface area contributed by atoms with Crippen LogP contribution >= 0.6 is 0 Å². The molecule has 0 amide bonds. The summed E-state index contributed by atoms with van der Waals surface area (Å²) in [5, 5.41) is 6.99. The molecule has 25 heavy (non-hydrogen) atoms. The molecule has 1 aromatic rings. The maximum atomic E-state index is 5.70. The molecule has 0 unspecified atom stereocenters. The first-order valence-corrected chi connectivity index (χ1v) is 9.66. The van der Waals surface area contributed by atoms with Gasteiger partial charge in [0.15, 0.2) is 5.96 Å². The standard InChI is InChI=1S/C20H34N4O/c1-4-11-24-12-9-18(10-13-24)23-20(21-3)22-16-17-7-6-8-19(15-17)25-14-5-2/h6-8,15,18H,4-5,9-14,16H2,1-3H3,(H2,21,22,23). The van der Waals surface area contributed by atoms with Gasteiger partial charge in [-0.3, -0.25) is 4.99 Å². The molecule has 0 saturated carbocycles. The number of ether oxygens (including phenoxy) is 1. The van der Waals surface area contributed by atoms with Crippen LogP contribution in [0.25, 0.3) is 0 Å². The van der Waals surface area contributed by atoms with Gasteiger partial charge < -0.3 is 20.3 Å². The number of nitrogens with one attached hydrogen (secondary N) is 2.